The van der Waals surface area contributed by atoms with Crippen molar-refractivity contribution < 1.29 is 18.7 Å². The minimum Gasteiger partial charge on any atom is -0.481 e. The number of carbonyl (C=O) groups is 1. The first-order valence-electron chi connectivity index (χ1n) is 8.72. The summed E-state index contributed by atoms with van der Waals surface area (Å²) in [6.07, 6.45) is 2.77. The quantitative estimate of drug-likeness (QED) is 0.551. The zero-order valence-electron chi connectivity index (χ0n) is 16.7. The molecule has 28 heavy (non-hydrogen) atoms. The van der Waals surface area contributed by atoms with Gasteiger partial charge in [-0.05, 0) is 25.1 Å². The summed E-state index contributed by atoms with van der Waals surface area (Å²) in [7, 11) is 5.03. The Morgan fingerprint density at radius 2 is 2.04 bits per heavy atom. The lowest BCUT2D eigenvalue weighted by atomic mass is 10.1. The van der Waals surface area contributed by atoms with Crippen LogP contribution in [0.25, 0.3) is 5.57 Å². The highest BCUT2D eigenvalue weighted by Crippen LogP contribution is 2.23. The number of nitrogens with zero attached hydrogens (tertiary/aromatic N) is 3. The number of hydrogen-bond donors (Lipinski definition) is 1. The van der Waals surface area contributed by atoms with Gasteiger partial charge in [-0.2, -0.15) is 0 Å². The molecule has 1 amide bonds. The largest absolute Gasteiger partial charge is 0.481 e. The number of aromatic nitrogens is 2. The molecular weight excluding hydrogens is 363 g/mol. The second kappa shape index (κ2) is 12.4. The van der Waals surface area contributed by atoms with E-state index in [1.165, 1.54) is 19.2 Å². The van der Waals surface area contributed by atoms with E-state index in [1.807, 2.05) is 31.0 Å². The van der Waals surface area contributed by atoms with Gasteiger partial charge in [-0.3, -0.25) is 9.78 Å². The number of hydrogen-bond acceptors (Lipinski definition) is 6. The SMILES string of the molecule is C=C(C(=O)NCCOC)c1ncccc1N(C)CC.COc1ccc(F)cn1. The summed E-state index contributed by atoms with van der Waals surface area (Å²) in [6.45, 7) is 7.64. The van der Waals surface area contributed by atoms with Gasteiger partial charge in [-0.15, -0.1) is 0 Å². The van der Waals surface area contributed by atoms with E-state index in [4.69, 9.17) is 9.47 Å². The highest BCUT2D eigenvalue weighted by Gasteiger charge is 2.15. The molecule has 0 saturated carbocycles. The summed E-state index contributed by atoms with van der Waals surface area (Å²) in [5.41, 5.74) is 1.88. The fourth-order valence-electron chi connectivity index (χ4n) is 2.07. The van der Waals surface area contributed by atoms with E-state index in [0.717, 1.165) is 18.4 Å². The van der Waals surface area contributed by atoms with Crippen LogP contribution in [0, 0.1) is 5.82 Å². The first-order chi connectivity index (χ1) is 13.4. The number of amides is 1. The summed E-state index contributed by atoms with van der Waals surface area (Å²) in [4.78, 5) is 21.8. The van der Waals surface area contributed by atoms with Gasteiger partial charge in [0.15, 0.2) is 0 Å². The Balaban J connectivity index is 0.000000362. The maximum atomic E-state index is 12.1. The molecule has 2 rings (SSSR count). The molecule has 0 fully saturated rings. The molecule has 0 atom stereocenters. The smallest absolute Gasteiger partial charge is 0.253 e. The number of nitrogens with one attached hydrogen (secondary N) is 1. The van der Waals surface area contributed by atoms with Crippen molar-refractivity contribution in [1.29, 1.82) is 0 Å². The van der Waals surface area contributed by atoms with E-state index in [-0.39, 0.29) is 11.7 Å². The van der Waals surface area contributed by atoms with Crippen LogP contribution in [0.4, 0.5) is 10.1 Å². The van der Waals surface area contributed by atoms with E-state index < -0.39 is 0 Å². The van der Waals surface area contributed by atoms with E-state index in [0.29, 0.717) is 30.3 Å². The number of ether oxygens (including phenoxy) is 2. The van der Waals surface area contributed by atoms with Crippen LogP contribution in [-0.2, 0) is 9.53 Å². The van der Waals surface area contributed by atoms with E-state index in [1.54, 1.807) is 13.3 Å². The molecule has 0 aliphatic carbocycles. The zero-order chi connectivity index (χ0) is 20.9. The van der Waals surface area contributed by atoms with Crippen LogP contribution in [0.3, 0.4) is 0 Å². The second-order valence-corrected chi connectivity index (χ2v) is 5.63. The minimum absolute atomic E-state index is 0.221. The minimum atomic E-state index is -0.351. The van der Waals surface area contributed by atoms with Crippen molar-refractivity contribution in [3.8, 4) is 5.88 Å². The zero-order valence-corrected chi connectivity index (χ0v) is 16.7. The maximum Gasteiger partial charge on any atom is 0.253 e. The summed E-state index contributed by atoms with van der Waals surface area (Å²) in [5, 5.41) is 2.74. The Morgan fingerprint density at radius 3 is 2.61 bits per heavy atom. The molecule has 152 valence electrons. The topological polar surface area (TPSA) is 76.6 Å². The van der Waals surface area contributed by atoms with E-state index in [9.17, 15) is 9.18 Å². The number of methoxy groups -OCH3 is 2. The number of anilines is 1. The fourth-order valence-corrected chi connectivity index (χ4v) is 2.07. The molecule has 2 aromatic heterocycles. The van der Waals surface area contributed by atoms with Crippen molar-refractivity contribution in [3.05, 3.63) is 54.7 Å². The molecule has 1 N–H and O–H groups in total. The Morgan fingerprint density at radius 1 is 1.29 bits per heavy atom. The van der Waals surface area contributed by atoms with Crippen molar-refractivity contribution in [2.75, 3.05) is 45.9 Å². The predicted molar refractivity (Wildman–Crippen MR) is 108 cm³/mol. The Labute approximate surface area is 165 Å². The van der Waals surface area contributed by atoms with E-state index >= 15 is 0 Å². The third-order valence-corrected chi connectivity index (χ3v) is 3.73. The molecule has 0 aliphatic rings. The van der Waals surface area contributed by atoms with Crippen LogP contribution in [0.2, 0.25) is 0 Å². The van der Waals surface area contributed by atoms with Gasteiger partial charge in [-0.1, -0.05) is 6.58 Å². The molecule has 8 heteroatoms. The van der Waals surface area contributed by atoms with Gasteiger partial charge >= 0.3 is 0 Å². The van der Waals surface area contributed by atoms with Gasteiger partial charge in [0, 0.05) is 39.5 Å². The van der Waals surface area contributed by atoms with Crippen LogP contribution in [0.1, 0.15) is 12.6 Å². The van der Waals surface area contributed by atoms with Gasteiger partial charge < -0.3 is 19.7 Å². The Bertz CT molecular complexity index is 753. The van der Waals surface area contributed by atoms with Gasteiger partial charge in [-0.25, -0.2) is 9.37 Å². The molecule has 0 aromatic carbocycles. The summed E-state index contributed by atoms with van der Waals surface area (Å²) < 4.78 is 21.7. The summed E-state index contributed by atoms with van der Waals surface area (Å²) in [6, 6.07) is 6.54. The van der Waals surface area contributed by atoms with Crippen LogP contribution in [0.15, 0.2) is 43.2 Å². The lowest BCUT2D eigenvalue weighted by Gasteiger charge is -2.20. The molecule has 7 nitrogen and oxygen atoms in total. The predicted octanol–water partition coefficient (Wildman–Crippen LogP) is 2.54. The van der Waals surface area contributed by atoms with Crippen molar-refractivity contribution in [2.24, 2.45) is 0 Å². The molecular formula is C20H27FN4O3. The molecule has 0 bridgehead atoms. The van der Waals surface area contributed by atoms with Gasteiger partial charge in [0.2, 0.25) is 5.88 Å². The summed E-state index contributed by atoms with van der Waals surface area (Å²) in [5.74, 6) is -0.145. The summed E-state index contributed by atoms with van der Waals surface area (Å²) >= 11 is 0. The monoisotopic (exact) mass is 390 g/mol. The normalized spacial score (nSPS) is 9.75. The molecule has 0 unspecified atom stereocenters. The third-order valence-electron chi connectivity index (χ3n) is 3.73. The fraction of sp³-hybridized carbons (Fsp3) is 0.350. The standard InChI is InChI=1S/C14H21N3O2.C6H6FNO/c1-5-17(3)12-7-6-8-15-13(12)11(2)14(18)16-9-10-19-4;1-9-6-3-2-5(7)4-8-6/h6-8H,2,5,9-10H2,1,3-4H3,(H,16,18);2-4H,1H3. The molecule has 0 saturated heterocycles. The number of pyridine rings is 2. The molecule has 0 radical (unpaired) electrons. The lowest BCUT2D eigenvalue weighted by Crippen LogP contribution is -2.28. The maximum absolute atomic E-state index is 12.1. The number of carbonyl (C=O) groups excluding carboxylic acids is 1. The van der Waals surface area contributed by atoms with Crippen LogP contribution in [0.5, 0.6) is 5.88 Å². The highest BCUT2D eigenvalue weighted by molar-refractivity contribution is 6.19. The number of rotatable bonds is 8. The molecule has 2 heterocycles. The van der Waals surface area contributed by atoms with Crippen LogP contribution < -0.4 is 15.0 Å². The second-order valence-electron chi connectivity index (χ2n) is 5.63. The average molecular weight is 390 g/mol. The average Bonchev–Trinajstić information content (AvgIpc) is 2.73. The lowest BCUT2D eigenvalue weighted by molar-refractivity contribution is -0.115. The van der Waals surface area contributed by atoms with Crippen molar-refractivity contribution in [1.82, 2.24) is 15.3 Å². The van der Waals surface area contributed by atoms with Crippen molar-refractivity contribution in [3.63, 3.8) is 0 Å². The van der Waals surface area contributed by atoms with Gasteiger partial charge in [0.1, 0.15) is 5.82 Å². The molecule has 0 aliphatic heterocycles. The Hall–Kier alpha value is -3.00. The van der Waals surface area contributed by atoms with E-state index in [2.05, 4.69) is 21.9 Å². The first-order valence-corrected chi connectivity index (χ1v) is 8.72. The van der Waals surface area contributed by atoms with Gasteiger partial charge in [0.05, 0.1) is 36.9 Å². The molecule has 0 spiro atoms. The first kappa shape index (κ1) is 23.0. The Kier molecular flexibility index (Phi) is 10.2. The highest BCUT2D eigenvalue weighted by atomic mass is 19.1. The number of halogens is 1. The van der Waals surface area contributed by atoms with Crippen molar-refractivity contribution in [2.45, 2.75) is 6.92 Å². The van der Waals surface area contributed by atoms with Crippen molar-refractivity contribution >= 4 is 17.2 Å². The van der Waals surface area contributed by atoms with Crippen LogP contribution >= 0.6 is 0 Å². The van der Waals surface area contributed by atoms with Gasteiger partial charge in [0.25, 0.3) is 5.91 Å². The third kappa shape index (κ3) is 7.32. The van der Waals surface area contributed by atoms with Crippen LogP contribution in [-0.4, -0.2) is 56.8 Å². The molecule has 2 aromatic rings.